The van der Waals surface area contributed by atoms with E-state index in [2.05, 4.69) is 16.9 Å². The minimum atomic E-state index is -0.347. The number of hydrogen-bond acceptors (Lipinski definition) is 5. The van der Waals surface area contributed by atoms with E-state index in [1.165, 1.54) is 12.1 Å². The second-order valence-electron chi connectivity index (χ2n) is 7.80. The molecule has 0 fully saturated rings. The van der Waals surface area contributed by atoms with Gasteiger partial charge in [-0.2, -0.15) is 4.98 Å². The molecule has 0 bridgehead atoms. The molecule has 2 aromatic carbocycles. The fourth-order valence-electron chi connectivity index (χ4n) is 3.61. The van der Waals surface area contributed by atoms with Gasteiger partial charge in [-0.05, 0) is 29.8 Å². The first-order valence-electron chi connectivity index (χ1n) is 10.8. The average molecular weight is 448 g/mol. The topological polar surface area (TPSA) is 70.6 Å². The summed E-state index contributed by atoms with van der Waals surface area (Å²) in [5, 5.41) is 2.80. The monoisotopic (exact) mass is 447 g/mol. The molecular weight excluding hydrogens is 421 g/mol. The second-order valence-corrected chi connectivity index (χ2v) is 7.80. The third kappa shape index (κ3) is 5.46. The van der Waals surface area contributed by atoms with Crippen molar-refractivity contribution >= 4 is 12.0 Å². The van der Waals surface area contributed by atoms with E-state index in [4.69, 9.17) is 9.72 Å². The molecule has 0 spiro atoms. The summed E-state index contributed by atoms with van der Waals surface area (Å²) in [7, 11) is 1.92. The summed E-state index contributed by atoms with van der Waals surface area (Å²) < 4.78 is 19.4. The highest BCUT2D eigenvalue weighted by Gasteiger charge is 2.27. The number of hydrogen-bond donors (Lipinski definition) is 1. The van der Waals surface area contributed by atoms with Crippen molar-refractivity contribution in [3.63, 3.8) is 0 Å². The number of benzene rings is 2. The Morgan fingerprint density at radius 1 is 1.21 bits per heavy atom. The van der Waals surface area contributed by atoms with E-state index in [1.807, 2.05) is 42.3 Å². The summed E-state index contributed by atoms with van der Waals surface area (Å²) in [5.74, 6) is 1.00. The largest absolute Gasteiger partial charge is 0.438 e. The van der Waals surface area contributed by atoms with Crippen LogP contribution >= 0.6 is 0 Å². The normalized spacial score (nSPS) is 12.6. The number of anilines is 1. The maximum absolute atomic E-state index is 13.4. The second kappa shape index (κ2) is 10.1. The van der Waals surface area contributed by atoms with Gasteiger partial charge in [0.15, 0.2) is 0 Å². The van der Waals surface area contributed by atoms with Crippen LogP contribution in [0.2, 0.25) is 0 Å². The lowest BCUT2D eigenvalue weighted by Gasteiger charge is -2.30. The van der Waals surface area contributed by atoms with E-state index < -0.39 is 0 Å². The molecule has 0 radical (unpaired) electrons. The minimum absolute atomic E-state index is 0.182. The lowest BCUT2D eigenvalue weighted by atomic mass is 10.1. The molecular formula is C25H26FN5O2. The number of urea groups is 1. The molecule has 2 heterocycles. The predicted molar refractivity (Wildman–Crippen MR) is 125 cm³/mol. The van der Waals surface area contributed by atoms with Crippen LogP contribution in [0.25, 0.3) is 0 Å². The number of nitrogens with one attached hydrogen (secondary N) is 1. The number of carbonyl (C=O) groups excluding carboxylic acids is 1. The van der Waals surface area contributed by atoms with Crippen molar-refractivity contribution in [1.82, 2.24) is 20.2 Å². The van der Waals surface area contributed by atoms with Gasteiger partial charge in [-0.1, -0.05) is 36.4 Å². The van der Waals surface area contributed by atoms with Gasteiger partial charge in [-0.3, -0.25) is 0 Å². The van der Waals surface area contributed by atoms with Gasteiger partial charge in [0.2, 0.25) is 11.8 Å². The Morgan fingerprint density at radius 2 is 1.97 bits per heavy atom. The van der Waals surface area contributed by atoms with Crippen LogP contribution in [0.3, 0.4) is 0 Å². The molecule has 0 unspecified atom stereocenters. The first-order valence-corrected chi connectivity index (χ1v) is 10.8. The molecule has 8 heteroatoms. The maximum atomic E-state index is 13.4. The van der Waals surface area contributed by atoms with E-state index in [0.717, 1.165) is 16.8 Å². The SMILES string of the molecule is C=CCNC(=O)N1CCc2nc(N(C)Cc3ccccc3)nc(Oc3ccc(F)cc3)c2C1. The molecule has 1 aliphatic rings. The zero-order valence-corrected chi connectivity index (χ0v) is 18.5. The minimum Gasteiger partial charge on any atom is -0.438 e. The van der Waals surface area contributed by atoms with Crippen molar-refractivity contribution in [3.05, 3.63) is 89.9 Å². The van der Waals surface area contributed by atoms with Crippen molar-refractivity contribution < 1.29 is 13.9 Å². The first-order chi connectivity index (χ1) is 16.0. The fourth-order valence-corrected chi connectivity index (χ4v) is 3.61. The number of aromatic nitrogens is 2. The number of halogens is 1. The molecule has 0 saturated heterocycles. The summed E-state index contributed by atoms with van der Waals surface area (Å²) in [6, 6.07) is 15.6. The van der Waals surface area contributed by atoms with E-state index in [1.54, 1.807) is 23.1 Å². The summed E-state index contributed by atoms with van der Waals surface area (Å²) >= 11 is 0. The highest BCUT2D eigenvalue weighted by atomic mass is 19.1. The number of fused-ring (bicyclic) bond motifs is 1. The van der Waals surface area contributed by atoms with Gasteiger partial charge >= 0.3 is 6.03 Å². The molecule has 0 atom stereocenters. The number of ether oxygens (including phenoxy) is 1. The van der Waals surface area contributed by atoms with Gasteiger partial charge in [0.1, 0.15) is 11.6 Å². The van der Waals surface area contributed by atoms with Gasteiger partial charge in [0.25, 0.3) is 0 Å². The summed E-state index contributed by atoms with van der Waals surface area (Å²) in [6.07, 6.45) is 2.21. The average Bonchev–Trinajstić information content (AvgIpc) is 2.84. The van der Waals surface area contributed by atoms with Gasteiger partial charge in [0.05, 0.1) is 17.8 Å². The highest BCUT2D eigenvalue weighted by molar-refractivity contribution is 5.74. The Labute approximate surface area is 192 Å². The molecule has 2 amide bonds. The van der Waals surface area contributed by atoms with Crippen molar-refractivity contribution in [2.45, 2.75) is 19.5 Å². The summed E-state index contributed by atoms with van der Waals surface area (Å²) in [4.78, 5) is 25.6. The number of rotatable bonds is 7. The molecule has 4 rings (SSSR count). The van der Waals surface area contributed by atoms with E-state index in [9.17, 15) is 9.18 Å². The number of nitrogens with zero attached hydrogens (tertiary/aromatic N) is 4. The Bertz CT molecular complexity index is 1120. The zero-order chi connectivity index (χ0) is 23.2. The van der Waals surface area contributed by atoms with Crippen molar-refractivity contribution in [1.29, 1.82) is 0 Å². The van der Waals surface area contributed by atoms with Crippen LogP contribution in [0.5, 0.6) is 11.6 Å². The number of carbonyl (C=O) groups is 1. The van der Waals surface area contributed by atoms with Crippen LogP contribution in [-0.4, -0.2) is 41.0 Å². The molecule has 0 aliphatic carbocycles. The molecule has 7 nitrogen and oxygen atoms in total. The van der Waals surface area contributed by atoms with Crippen LogP contribution in [-0.2, 0) is 19.5 Å². The van der Waals surface area contributed by atoms with Gasteiger partial charge in [-0.25, -0.2) is 14.2 Å². The highest BCUT2D eigenvalue weighted by Crippen LogP contribution is 2.31. The molecule has 33 heavy (non-hydrogen) atoms. The smallest absolute Gasteiger partial charge is 0.317 e. The van der Waals surface area contributed by atoms with E-state index in [0.29, 0.717) is 50.2 Å². The molecule has 1 aromatic heterocycles. The van der Waals surface area contributed by atoms with E-state index >= 15 is 0 Å². The standard InChI is InChI=1S/C25H26FN5O2/c1-3-14-27-25(32)31-15-13-22-21(17-31)23(33-20-11-9-19(26)10-12-20)29-24(28-22)30(2)16-18-7-5-4-6-8-18/h3-12H,1,13-17H2,2H3,(H,27,32). The van der Waals surface area contributed by atoms with Crippen LogP contribution in [0.15, 0.2) is 67.3 Å². The Hall–Kier alpha value is -3.94. The van der Waals surface area contributed by atoms with Crippen LogP contribution in [0.1, 0.15) is 16.8 Å². The van der Waals surface area contributed by atoms with Crippen LogP contribution < -0.4 is 15.0 Å². The Kier molecular flexibility index (Phi) is 6.83. The molecule has 3 aromatic rings. The van der Waals surface area contributed by atoms with Crippen molar-refractivity contribution in [2.75, 3.05) is 25.0 Å². The Morgan fingerprint density at radius 3 is 2.70 bits per heavy atom. The van der Waals surface area contributed by atoms with Crippen LogP contribution in [0.4, 0.5) is 15.1 Å². The van der Waals surface area contributed by atoms with Gasteiger partial charge in [-0.15, -0.1) is 6.58 Å². The van der Waals surface area contributed by atoms with Crippen molar-refractivity contribution in [3.8, 4) is 11.6 Å². The maximum Gasteiger partial charge on any atom is 0.317 e. The fraction of sp³-hybridized carbons (Fsp3) is 0.240. The lowest BCUT2D eigenvalue weighted by molar-refractivity contribution is 0.192. The first kappa shape index (κ1) is 22.3. The van der Waals surface area contributed by atoms with Crippen molar-refractivity contribution in [2.24, 2.45) is 0 Å². The summed E-state index contributed by atoms with van der Waals surface area (Å²) in [6.45, 7) is 5.50. The molecule has 170 valence electrons. The van der Waals surface area contributed by atoms with Gasteiger partial charge in [0, 0.05) is 33.1 Å². The predicted octanol–water partition coefficient (Wildman–Crippen LogP) is 4.30. The number of amides is 2. The molecule has 1 aliphatic heterocycles. The van der Waals surface area contributed by atoms with Crippen LogP contribution in [0, 0.1) is 5.82 Å². The zero-order valence-electron chi connectivity index (χ0n) is 18.5. The van der Waals surface area contributed by atoms with E-state index in [-0.39, 0.29) is 11.8 Å². The Balaban J connectivity index is 1.64. The third-order valence-corrected chi connectivity index (χ3v) is 5.33. The molecule has 0 saturated carbocycles. The quantitative estimate of drug-likeness (QED) is 0.547. The molecule has 1 N–H and O–H groups in total. The van der Waals surface area contributed by atoms with Gasteiger partial charge < -0.3 is 19.9 Å². The third-order valence-electron chi connectivity index (χ3n) is 5.33. The lowest BCUT2D eigenvalue weighted by Crippen LogP contribution is -2.43. The summed E-state index contributed by atoms with van der Waals surface area (Å²) in [5.41, 5.74) is 2.72.